The van der Waals surface area contributed by atoms with Crippen molar-refractivity contribution in [2.24, 2.45) is 11.8 Å². The normalized spacial score (nSPS) is 29.0. The van der Waals surface area contributed by atoms with Gasteiger partial charge >= 0.3 is 0 Å². The molecule has 1 aliphatic rings. The summed E-state index contributed by atoms with van der Waals surface area (Å²) in [5, 5.41) is 11.8. The molecule has 0 spiro atoms. The summed E-state index contributed by atoms with van der Waals surface area (Å²) in [7, 11) is 0. The van der Waals surface area contributed by atoms with E-state index in [9.17, 15) is 4.79 Å². The van der Waals surface area contributed by atoms with Crippen molar-refractivity contribution in [2.45, 2.75) is 45.6 Å². The van der Waals surface area contributed by atoms with E-state index in [1.54, 1.807) is 11.8 Å². The molecule has 3 unspecified atom stereocenters. The number of amides is 1. The predicted molar refractivity (Wildman–Crippen MR) is 73.1 cm³/mol. The van der Waals surface area contributed by atoms with Crippen molar-refractivity contribution in [3.63, 3.8) is 0 Å². The molecule has 100 valence electrons. The summed E-state index contributed by atoms with van der Waals surface area (Å²) in [5.74, 6) is 2.85. The first kappa shape index (κ1) is 14.8. The Balaban J connectivity index is 2.20. The van der Waals surface area contributed by atoms with Gasteiger partial charge in [-0.3, -0.25) is 4.79 Å². The first-order chi connectivity index (χ1) is 8.15. The Morgan fingerprint density at radius 1 is 1.41 bits per heavy atom. The van der Waals surface area contributed by atoms with E-state index < -0.39 is 0 Å². The lowest BCUT2D eigenvalue weighted by Crippen LogP contribution is -2.44. The van der Waals surface area contributed by atoms with Crippen LogP contribution in [0.2, 0.25) is 0 Å². The van der Waals surface area contributed by atoms with E-state index in [2.05, 4.69) is 19.2 Å². The van der Waals surface area contributed by atoms with Crippen LogP contribution in [0.15, 0.2) is 0 Å². The highest BCUT2D eigenvalue weighted by atomic mass is 32.2. The number of carbonyl (C=O) groups excluding carboxylic acids is 1. The summed E-state index contributed by atoms with van der Waals surface area (Å²) in [5.41, 5.74) is 0. The Morgan fingerprint density at radius 3 is 2.88 bits per heavy atom. The number of rotatable bonds is 6. The molecule has 1 aliphatic carbocycles. The van der Waals surface area contributed by atoms with Gasteiger partial charge in [-0.1, -0.05) is 26.7 Å². The minimum absolute atomic E-state index is 0.152. The molecule has 2 N–H and O–H groups in total. The number of aliphatic hydroxyl groups is 1. The Morgan fingerprint density at radius 2 is 2.18 bits per heavy atom. The second kappa shape index (κ2) is 7.98. The molecule has 17 heavy (non-hydrogen) atoms. The molecule has 1 rings (SSSR count). The van der Waals surface area contributed by atoms with Crippen LogP contribution < -0.4 is 5.32 Å². The monoisotopic (exact) mass is 259 g/mol. The van der Waals surface area contributed by atoms with Gasteiger partial charge in [0.1, 0.15) is 0 Å². The van der Waals surface area contributed by atoms with Crippen LogP contribution in [0.3, 0.4) is 0 Å². The van der Waals surface area contributed by atoms with Gasteiger partial charge in [0.15, 0.2) is 0 Å². The van der Waals surface area contributed by atoms with Crippen LogP contribution in [0.4, 0.5) is 0 Å². The zero-order valence-corrected chi connectivity index (χ0v) is 11.8. The molecule has 3 nitrogen and oxygen atoms in total. The maximum Gasteiger partial charge on any atom is 0.230 e. The molecule has 1 saturated carbocycles. The molecular formula is C13H25NO2S. The molecule has 1 fully saturated rings. The summed E-state index contributed by atoms with van der Waals surface area (Å²) in [6, 6.07) is 0.365. The molecule has 0 bridgehead atoms. The van der Waals surface area contributed by atoms with Gasteiger partial charge in [0.2, 0.25) is 5.91 Å². The number of nitrogens with one attached hydrogen (secondary N) is 1. The number of aliphatic hydroxyl groups excluding tert-OH is 1. The maximum atomic E-state index is 11.7. The van der Waals surface area contributed by atoms with Crippen LogP contribution in [0.1, 0.15) is 39.5 Å². The SMILES string of the molecule is CC1CCCC(NC(=O)CSCCCO)C1C. The van der Waals surface area contributed by atoms with Crippen molar-refractivity contribution in [2.75, 3.05) is 18.1 Å². The van der Waals surface area contributed by atoms with Gasteiger partial charge in [0.05, 0.1) is 5.75 Å². The quantitative estimate of drug-likeness (QED) is 0.718. The van der Waals surface area contributed by atoms with Gasteiger partial charge in [-0.05, 0) is 30.4 Å². The Hall–Kier alpha value is -0.220. The third kappa shape index (κ3) is 5.30. The predicted octanol–water partition coefficient (Wildman–Crippen LogP) is 2.04. The molecule has 0 aromatic carbocycles. The highest BCUT2D eigenvalue weighted by Gasteiger charge is 2.27. The van der Waals surface area contributed by atoms with E-state index in [0.29, 0.717) is 17.7 Å². The third-order valence-corrected chi connectivity index (χ3v) is 4.78. The van der Waals surface area contributed by atoms with Gasteiger partial charge in [0.25, 0.3) is 0 Å². The molecule has 0 saturated heterocycles. The number of carbonyl (C=O) groups is 1. The molecule has 0 aromatic rings. The lowest BCUT2D eigenvalue weighted by atomic mass is 9.78. The molecule has 3 atom stereocenters. The van der Waals surface area contributed by atoms with Crippen molar-refractivity contribution in [1.29, 1.82) is 0 Å². The summed E-state index contributed by atoms with van der Waals surface area (Å²) in [6.07, 6.45) is 4.42. The van der Waals surface area contributed by atoms with Crippen LogP contribution in [-0.2, 0) is 4.79 Å². The van der Waals surface area contributed by atoms with Crippen molar-refractivity contribution in [1.82, 2.24) is 5.32 Å². The van der Waals surface area contributed by atoms with Crippen LogP contribution in [0.25, 0.3) is 0 Å². The number of hydrogen-bond donors (Lipinski definition) is 2. The second-order valence-electron chi connectivity index (χ2n) is 5.07. The molecule has 0 radical (unpaired) electrons. The molecule has 4 heteroatoms. The second-order valence-corrected chi connectivity index (χ2v) is 6.18. The summed E-state index contributed by atoms with van der Waals surface area (Å²) < 4.78 is 0. The maximum absolute atomic E-state index is 11.7. The van der Waals surface area contributed by atoms with Crippen molar-refractivity contribution in [3.8, 4) is 0 Å². The van der Waals surface area contributed by atoms with Gasteiger partial charge < -0.3 is 10.4 Å². The fourth-order valence-electron chi connectivity index (χ4n) is 2.37. The molecule has 0 aliphatic heterocycles. The highest BCUT2D eigenvalue weighted by molar-refractivity contribution is 7.99. The van der Waals surface area contributed by atoms with E-state index in [4.69, 9.17) is 5.11 Å². The number of hydrogen-bond acceptors (Lipinski definition) is 3. The summed E-state index contributed by atoms with van der Waals surface area (Å²) >= 11 is 1.60. The molecule has 1 amide bonds. The smallest absolute Gasteiger partial charge is 0.230 e. The van der Waals surface area contributed by atoms with Gasteiger partial charge in [-0.2, -0.15) is 11.8 Å². The summed E-state index contributed by atoms with van der Waals surface area (Å²) in [4.78, 5) is 11.7. The molecule has 0 aromatic heterocycles. The fourth-order valence-corrected chi connectivity index (χ4v) is 3.11. The zero-order valence-electron chi connectivity index (χ0n) is 10.9. The summed E-state index contributed by atoms with van der Waals surface area (Å²) in [6.45, 7) is 4.73. The van der Waals surface area contributed by atoms with Gasteiger partial charge in [0, 0.05) is 12.6 Å². The van der Waals surface area contributed by atoms with E-state index in [1.165, 1.54) is 12.8 Å². The average Bonchev–Trinajstić information content (AvgIpc) is 2.31. The Labute approximate surface area is 109 Å². The minimum Gasteiger partial charge on any atom is -0.396 e. The topological polar surface area (TPSA) is 49.3 Å². The van der Waals surface area contributed by atoms with E-state index >= 15 is 0 Å². The largest absolute Gasteiger partial charge is 0.396 e. The Bertz CT molecular complexity index is 235. The van der Waals surface area contributed by atoms with Crippen LogP contribution in [-0.4, -0.2) is 35.2 Å². The van der Waals surface area contributed by atoms with Crippen LogP contribution >= 0.6 is 11.8 Å². The minimum atomic E-state index is 0.152. The van der Waals surface area contributed by atoms with E-state index in [0.717, 1.165) is 24.5 Å². The average molecular weight is 259 g/mol. The molecular weight excluding hydrogens is 234 g/mol. The van der Waals surface area contributed by atoms with Gasteiger partial charge in [-0.15, -0.1) is 0 Å². The fraction of sp³-hybridized carbons (Fsp3) is 0.923. The zero-order chi connectivity index (χ0) is 12.7. The molecule has 0 heterocycles. The third-order valence-electron chi connectivity index (χ3n) is 3.73. The van der Waals surface area contributed by atoms with Crippen LogP contribution in [0.5, 0.6) is 0 Å². The first-order valence-electron chi connectivity index (χ1n) is 6.63. The van der Waals surface area contributed by atoms with Crippen LogP contribution in [0, 0.1) is 11.8 Å². The van der Waals surface area contributed by atoms with Gasteiger partial charge in [-0.25, -0.2) is 0 Å². The first-order valence-corrected chi connectivity index (χ1v) is 7.78. The van der Waals surface area contributed by atoms with Crippen molar-refractivity contribution in [3.05, 3.63) is 0 Å². The highest BCUT2D eigenvalue weighted by Crippen LogP contribution is 2.29. The standard InChI is InChI=1S/C13H25NO2S/c1-10-5-3-6-12(11(10)2)14-13(16)9-17-8-4-7-15/h10-12,15H,3-9H2,1-2H3,(H,14,16). The van der Waals surface area contributed by atoms with Crippen molar-refractivity contribution >= 4 is 17.7 Å². The van der Waals surface area contributed by atoms with Crippen molar-refractivity contribution < 1.29 is 9.90 Å². The lowest BCUT2D eigenvalue weighted by molar-refractivity contribution is -0.119. The number of thioether (sulfide) groups is 1. The lowest BCUT2D eigenvalue weighted by Gasteiger charge is -2.34. The Kier molecular flexibility index (Phi) is 6.97. The van der Waals surface area contributed by atoms with E-state index in [-0.39, 0.29) is 12.5 Å². The van der Waals surface area contributed by atoms with E-state index in [1.807, 2.05) is 0 Å².